The van der Waals surface area contributed by atoms with E-state index >= 15 is 0 Å². The number of benzene rings is 1. The van der Waals surface area contributed by atoms with Crippen LogP contribution in [-0.2, 0) is 16.0 Å². The molecule has 1 aliphatic rings. The van der Waals surface area contributed by atoms with Crippen molar-refractivity contribution in [3.8, 4) is 5.75 Å². The summed E-state index contributed by atoms with van der Waals surface area (Å²) >= 11 is 1.44. The van der Waals surface area contributed by atoms with Crippen LogP contribution < -0.4 is 15.0 Å². The summed E-state index contributed by atoms with van der Waals surface area (Å²) in [7, 11) is 0. The molecule has 2 aromatic heterocycles. The molecule has 2 amide bonds. The molecule has 0 aliphatic carbocycles. The topological polar surface area (TPSA) is 84.4 Å². The van der Waals surface area contributed by atoms with Gasteiger partial charge in [-0.2, -0.15) is 0 Å². The molecular weight excluding hydrogens is 400 g/mol. The van der Waals surface area contributed by atoms with Crippen molar-refractivity contribution in [2.45, 2.75) is 26.7 Å². The molecule has 1 aliphatic heterocycles. The molecule has 30 heavy (non-hydrogen) atoms. The molecule has 3 heterocycles. The van der Waals surface area contributed by atoms with Crippen LogP contribution in [0.1, 0.15) is 24.7 Å². The fourth-order valence-electron chi connectivity index (χ4n) is 3.53. The molecule has 1 atom stereocenters. The van der Waals surface area contributed by atoms with Gasteiger partial charge in [0.15, 0.2) is 5.13 Å². The van der Waals surface area contributed by atoms with Crippen LogP contribution in [0.25, 0.3) is 10.2 Å². The Morgan fingerprint density at radius 3 is 2.97 bits per heavy atom. The highest BCUT2D eigenvalue weighted by Gasteiger charge is 2.36. The van der Waals surface area contributed by atoms with Crippen molar-refractivity contribution >= 4 is 38.5 Å². The minimum Gasteiger partial charge on any atom is -0.494 e. The lowest BCUT2D eigenvalue weighted by Gasteiger charge is -2.13. The molecule has 156 valence electrons. The molecule has 0 spiro atoms. The number of thiazole rings is 1. The Kier molecular flexibility index (Phi) is 5.94. The van der Waals surface area contributed by atoms with E-state index in [0.29, 0.717) is 31.2 Å². The van der Waals surface area contributed by atoms with Crippen molar-refractivity contribution in [1.82, 2.24) is 15.3 Å². The molecule has 1 aromatic carbocycles. The first-order chi connectivity index (χ1) is 14.5. The van der Waals surface area contributed by atoms with Gasteiger partial charge in [-0.1, -0.05) is 17.4 Å². The summed E-state index contributed by atoms with van der Waals surface area (Å²) in [6, 6.07) is 11.6. The van der Waals surface area contributed by atoms with E-state index < -0.39 is 0 Å². The number of hydrogen-bond acceptors (Lipinski definition) is 6. The number of amides is 2. The summed E-state index contributed by atoms with van der Waals surface area (Å²) in [4.78, 5) is 35.8. The van der Waals surface area contributed by atoms with Crippen LogP contribution in [0.2, 0.25) is 0 Å². The van der Waals surface area contributed by atoms with Gasteiger partial charge in [0.05, 0.1) is 22.7 Å². The number of nitrogens with zero attached hydrogens (tertiary/aromatic N) is 3. The van der Waals surface area contributed by atoms with Gasteiger partial charge in [-0.15, -0.1) is 0 Å². The Balaban J connectivity index is 1.37. The maximum Gasteiger partial charge on any atom is 0.229 e. The third kappa shape index (κ3) is 4.43. The Morgan fingerprint density at radius 2 is 2.17 bits per heavy atom. The zero-order valence-corrected chi connectivity index (χ0v) is 17.9. The number of carbonyl (C=O) groups is 2. The smallest absolute Gasteiger partial charge is 0.229 e. The van der Waals surface area contributed by atoms with E-state index in [1.54, 1.807) is 4.90 Å². The number of rotatable bonds is 7. The third-order valence-corrected chi connectivity index (χ3v) is 6.05. The Bertz CT molecular complexity index is 1080. The number of aryl methyl sites for hydroxylation is 1. The van der Waals surface area contributed by atoms with Crippen molar-refractivity contribution in [1.29, 1.82) is 0 Å². The van der Waals surface area contributed by atoms with Crippen molar-refractivity contribution in [3.05, 3.63) is 47.8 Å². The minimum atomic E-state index is -0.367. The van der Waals surface area contributed by atoms with E-state index in [2.05, 4.69) is 15.3 Å². The van der Waals surface area contributed by atoms with Gasteiger partial charge >= 0.3 is 0 Å². The van der Waals surface area contributed by atoms with Gasteiger partial charge in [0, 0.05) is 37.3 Å². The Hall–Kier alpha value is -3.00. The van der Waals surface area contributed by atoms with Crippen molar-refractivity contribution in [2.75, 3.05) is 24.6 Å². The molecular formula is C22H24N4O3S. The number of anilines is 1. The highest BCUT2D eigenvalue weighted by Crippen LogP contribution is 2.34. The monoisotopic (exact) mass is 424 g/mol. The standard InChI is InChI=1S/C22H24N4O3S/c1-3-29-17-7-8-18-19(12-17)30-22(25-18)26-13-15(11-20(26)27)21(28)23-10-9-16-6-4-5-14(2)24-16/h4-8,12,15H,3,9-11,13H2,1-2H3,(H,23,28). The van der Waals surface area contributed by atoms with Gasteiger partial charge in [-0.25, -0.2) is 4.98 Å². The van der Waals surface area contributed by atoms with Gasteiger partial charge in [0.1, 0.15) is 5.75 Å². The molecule has 0 bridgehead atoms. The number of carbonyl (C=O) groups excluding carboxylic acids is 2. The van der Waals surface area contributed by atoms with Crippen molar-refractivity contribution < 1.29 is 14.3 Å². The predicted molar refractivity (Wildman–Crippen MR) is 117 cm³/mol. The van der Waals surface area contributed by atoms with E-state index in [9.17, 15) is 9.59 Å². The second-order valence-electron chi connectivity index (χ2n) is 7.28. The summed E-state index contributed by atoms with van der Waals surface area (Å²) in [5.74, 6) is 0.250. The van der Waals surface area contributed by atoms with Crippen LogP contribution in [0.4, 0.5) is 5.13 Å². The molecule has 1 N–H and O–H groups in total. The number of nitrogens with one attached hydrogen (secondary N) is 1. The van der Waals surface area contributed by atoms with Crippen molar-refractivity contribution in [2.24, 2.45) is 5.92 Å². The van der Waals surface area contributed by atoms with Crippen LogP contribution in [-0.4, -0.2) is 41.5 Å². The third-order valence-electron chi connectivity index (χ3n) is 5.01. The molecule has 0 radical (unpaired) electrons. The van der Waals surface area contributed by atoms with Crippen LogP contribution >= 0.6 is 11.3 Å². The Morgan fingerprint density at radius 1 is 1.30 bits per heavy atom. The summed E-state index contributed by atoms with van der Waals surface area (Å²) < 4.78 is 6.50. The second-order valence-corrected chi connectivity index (χ2v) is 8.28. The maximum absolute atomic E-state index is 12.6. The number of ether oxygens (including phenoxy) is 1. The molecule has 7 nitrogen and oxygen atoms in total. The maximum atomic E-state index is 12.6. The largest absolute Gasteiger partial charge is 0.494 e. The van der Waals surface area contributed by atoms with E-state index in [1.165, 1.54) is 11.3 Å². The number of aromatic nitrogens is 2. The summed E-state index contributed by atoms with van der Waals surface area (Å²) in [5.41, 5.74) is 2.73. The average molecular weight is 425 g/mol. The molecule has 1 unspecified atom stereocenters. The summed E-state index contributed by atoms with van der Waals surface area (Å²) in [6.07, 6.45) is 0.868. The minimum absolute atomic E-state index is 0.0698. The lowest BCUT2D eigenvalue weighted by Crippen LogP contribution is -2.34. The SMILES string of the molecule is CCOc1ccc2nc(N3CC(C(=O)NCCc4cccc(C)n4)CC3=O)sc2c1. The first kappa shape index (κ1) is 20.3. The van der Waals surface area contributed by atoms with Gasteiger partial charge in [0.2, 0.25) is 11.8 Å². The van der Waals surface area contributed by atoms with Gasteiger partial charge in [-0.05, 0) is 44.2 Å². The average Bonchev–Trinajstić information content (AvgIpc) is 3.31. The number of fused-ring (bicyclic) bond motifs is 1. The number of pyridine rings is 1. The van der Waals surface area contributed by atoms with Crippen LogP contribution in [0, 0.1) is 12.8 Å². The first-order valence-corrected chi connectivity index (χ1v) is 10.9. The van der Waals surface area contributed by atoms with E-state index in [4.69, 9.17) is 4.74 Å². The second kappa shape index (κ2) is 8.79. The highest BCUT2D eigenvalue weighted by atomic mass is 32.1. The van der Waals surface area contributed by atoms with Crippen LogP contribution in [0.15, 0.2) is 36.4 Å². The zero-order valence-electron chi connectivity index (χ0n) is 17.1. The quantitative estimate of drug-likeness (QED) is 0.630. The fraction of sp³-hybridized carbons (Fsp3) is 0.364. The molecule has 8 heteroatoms. The molecule has 3 aromatic rings. The predicted octanol–water partition coefficient (Wildman–Crippen LogP) is 3.11. The van der Waals surface area contributed by atoms with Crippen molar-refractivity contribution in [3.63, 3.8) is 0 Å². The number of hydrogen-bond donors (Lipinski definition) is 1. The molecule has 4 rings (SSSR count). The lowest BCUT2D eigenvalue weighted by molar-refractivity contribution is -0.126. The van der Waals surface area contributed by atoms with Crippen LogP contribution in [0.5, 0.6) is 5.75 Å². The van der Waals surface area contributed by atoms with Gasteiger partial charge < -0.3 is 10.1 Å². The van der Waals surface area contributed by atoms with E-state index in [0.717, 1.165) is 27.4 Å². The lowest BCUT2D eigenvalue weighted by atomic mass is 10.1. The van der Waals surface area contributed by atoms with E-state index in [-0.39, 0.29) is 24.2 Å². The molecule has 0 saturated carbocycles. The summed E-state index contributed by atoms with van der Waals surface area (Å²) in [5, 5.41) is 3.57. The summed E-state index contributed by atoms with van der Waals surface area (Å²) in [6.45, 7) is 5.33. The first-order valence-electron chi connectivity index (χ1n) is 10.1. The molecule has 1 fully saturated rings. The Labute approximate surface area is 179 Å². The van der Waals surface area contributed by atoms with Crippen LogP contribution in [0.3, 0.4) is 0 Å². The fourth-order valence-corrected chi connectivity index (χ4v) is 4.55. The molecule has 1 saturated heterocycles. The zero-order chi connectivity index (χ0) is 21.1. The normalized spacial score (nSPS) is 16.3. The van der Waals surface area contributed by atoms with Gasteiger partial charge in [0.25, 0.3) is 0 Å². The van der Waals surface area contributed by atoms with Gasteiger partial charge in [-0.3, -0.25) is 19.5 Å². The van der Waals surface area contributed by atoms with E-state index in [1.807, 2.05) is 50.2 Å². The highest BCUT2D eigenvalue weighted by molar-refractivity contribution is 7.22.